The van der Waals surface area contributed by atoms with Crippen LogP contribution < -0.4 is 0 Å². The summed E-state index contributed by atoms with van der Waals surface area (Å²) >= 11 is 0. The second-order valence-electron chi connectivity index (χ2n) is 6.95. The van der Waals surface area contributed by atoms with Gasteiger partial charge < -0.3 is 4.74 Å². The molecule has 0 saturated carbocycles. The highest BCUT2D eigenvalue weighted by Gasteiger charge is 2.17. The second-order valence-corrected chi connectivity index (χ2v) is 6.95. The molecule has 0 radical (unpaired) electrons. The normalized spacial score (nSPS) is 12.3. The molecule has 1 atom stereocenters. The van der Waals surface area contributed by atoms with Crippen molar-refractivity contribution in [2.24, 2.45) is 5.92 Å². The van der Waals surface area contributed by atoms with Crippen molar-refractivity contribution < 1.29 is 9.53 Å². The van der Waals surface area contributed by atoms with Gasteiger partial charge in [0.1, 0.15) is 0 Å². The lowest BCUT2D eigenvalue weighted by molar-refractivity contribution is -0.149. The minimum absolute atomic E-state index is 0.0450. The summed E-state index contributed by atoms with van der Waals surface area (Å²) in [5.74, 6) is 0.175. The quantitative estimate of drug-likeness (QED) is 0.211. The van der Waals surface area contributed by atoms with Crippen molar-refractivity contribution in [1.29, 1.82) is 0 Å². The zero-order valence-electron chi connectivity index (χ0n) is 16.2. The maximum Gasteiger partial charge on any atom is 0.308 e. The van der Waals surface area contributed by atoms with Crippen LogP contribution in [-0.2, 0) is 9.53 Å². The van der Waals surface area contributed by atoms with Gasteiger partial charge in [-0.2, -0.15) is 0 Å². The summed E-state index contributed by atoms with van der Waals surface area (Å²) in [6.45, 7) is 7.21. The number of carbonyl (C=O) groups is 1. The van der Waals surface area contributed by atoms with E-state index in [0.717, 1.165) is 19.3 Å². The first-order valence-corrected chi connectivity index (χ1v) is 10.4. The summed E-state index contributed by atoms with van der Waals surface area (Å²) in [5.41, 5.74) is 0. The van der Waals surface area contributed by atoms with Crippen LogP contribution in [0, 0.1) is 5.92 Å². The zero-order chi connectivity index (χ0) is 17.2. The van der Waals surface area contributed by atoms with Crippen LogP contribution in [0.25, 0.3) is 0 Å². The molecule has 0 bridgehead atoms. The molecule has 2 nitrogen and oxygen atoms in total. The Bertz CT molecular complexity index is 250. The number of esters is 1. The van der Waals surface area contributed by atoms with Crippen LogP contribution in [0.2, 0.25) is 0 Å². The van der Waals surface area contributed by atoms with Gasteiger partial charge in [0.2, 0.25) is 0 Å². The van der Waals surface area contributed by atoms with Gasteiger partial charge in [-0.3, -0.25) is 4.79 Å². The number of carbonyl (C=O) groups excluding carboxylic acids is 1. The van der Waals surface area contributed by atoms with Crippen molar-refractivity contribution >= 4 is 5.97 Å². The fourth-order valence-electron chi connectivity index (χ4n) is 3.01. The average molecular weight is 327 g/mol. The number of ether oxygens (including phenoxy) is 1. The van der Waals surface area contributed by atoms with Gasteiger partial charge in [-0.25, -0.2) is 0 Å². The van der Waals surface area contributed by atoms with E-state index in [1.807, 2.05) is 0 Å². The van der Waals surface area contributed by atoms with Crippen LogP contribution in [0.15, 0.2) is 0 Å². The van der Waals surface area contributed by atoms with Crippen molar-refractivity contribution in [3.05, 3.63) is 0 Å². The highest BCUT2D eigenvalue weighted by molar-refractivity contribution is 5.72. The molecule has 0 amide bonds. The van der Waals surface area contributed by atoms with Crippen LogP contribution in [0.4, 0.5) is 0 Å². The average Bonchev–Trinajstić information content (AvgIpc) is 2.56. The molecule has 0 fully saturated rings. The molecule has 0 aliphatic rings. The number of hydrogen-bond donors (Lipinski definition) is 0. The minimum Gasteiger partial charge on any atom is -0.465 e. The molecule has 0 heterocycles. The van der Waals surface area contributed by atoms with Gasteiger partial charge >= 0.3 is 5.97 Å². The van der Waals surface area contributed by atoms with Crippen LogP contribution >= 0.6 is 0 Å². The first-order chi connectivity index (χ1) is 11.3. The van der Waals surface area contributed by atoms with Gasteiger partial charge in [0.05, 0.1) is 12.5 Å². The van der Waals surface area contributed by atoms with Crippen LogP contribution in [0.5, 0.6) is 0 Å². The molecule has 2 heteroatoms. The summed E-state index contributed by atoms with van der Waals surface area (Å²) in [5, 5.41) is 0. The molecule has 0 aromatic rings. The molecule has 23 heavy (non-hydrogen) atoms. The van der Waals surface area contributed by atoms with Gasteiger partial charge in [0.25, 0.3) is 0 Å². The number of rotatable bonds is 17. The molecule has 0 N–H and O–H groups in total. The highest BCUT2D eigenvalue weighted by Crippen LogP contribution is 2.16. The predicted molar refractivity (Wildman–Crippen MR) is 101 cm³/mol. The molecular weight excluding hydrogens is 284 g/mol. The summed E-state index contributed by atoms with van der Waals surface area (Å²) in [6, 6.07) is 0. The van der Waals surface area contributed by atoms with Crippen LogP contribution in [-0.4, -0.2) is 12.6 Å². The van der Waals surface area contributed by atoms with E-state index in [1.165, 1.54) is 77.0 Å². The van der Waals surface area contributed by atoms with E-state index in [9.17, 15) is 4.79 Å². The molecule has 1 unspecified atom stereocenters. The van der Waals surface area contributed by atoms with Crippen LogP contribution in [0.1, 0.15) is 117 Å². The topological polar surface area (TPSA) is 26.3 Å². The van der Waals surface area contributed by atoms with Gasteiger partial charge in [-0.1, -0.05) is 97.8 Å². The Labute approximate surface area is 145 Å². The van der Waals surface area contributed by atoms with E-state index in [-0.39, 0.29) is 11.9 Å². The van der Waals surface area contributed by atoms with Gasteiger partial charge in [-0.05, 0) is 19.3 Å². The first-order valence-electron chi connectivity index (χ1n) is 10.4. The van der Waals surface area contributed by atoms with Crippen molar-refractivity contribution in [2.75, 3.05) is 6.61 Å². The maximum absolute atomic E-state index is 12.1. The van der Waals surface area contributed by atoms with E-state index in [4.69, 9.17) is 4.74 Å². The minimum atomic E-state index is 0.0450. The van der Waals surface area contributed by atoms with E-state index in [2.05, 4.69) is 20.8 Å². The first kappa shape index (κ1) is 22.5. The summed E-state index contributed by atoms with van der Waals surface area (Å²) in [6.07, 6.45) is 18.6. The lowest BCUT2D eigenvalue weighted by atomic mass is 9.98. The SMILES string of the molecule is CCCCCCCCCCCOC(=O)C(CC)CCCCCC. The Morgan fingerprint density at radius 3 is 1.70 bits per heavy atom. The molecule has 0 aliphatic carbocycles. The van der Waals surface area contributed by atoms with E-state index >= 15 is 0 Å². The van der Waals surface area contributed by atoms with Crippen molar-refractivity contribution in [3.8, 4) is 0 Å². The van der Waals surface area contributed by atoms with Gasteiger partial charge in [-0.15, -0.1) is 0 Å². The smallest absolute Gasteiger partial charge is 0.308 e. The molecule has 0 spiro atoms. The van der Waals surface area contributed by atoms with E-state index in [0.29, 0.717) is 6.61 Å². The summed E-state index contributed by atoms with van der Waals surface area (Å²) in [7, 11) is 0. The number of hydrogen-bond acceptors (Lipinski definition) is 2. The van der Waals surface area contributed by atoms with Crippen LogP contribution in [0.3, 0.4) is 0 Å². The monoisotopic (exact) mass is 326 g/mol. The number of unbranched alkanes of at least 4 members (excludes halogenated alkanes) is 11. The molecule has 0 aromatic heterocycles. The molecule has 0 rings (SSSR count). The highest BCUT2D eigenvalue weighted by atomic mass is 16.5. The van der Waals surface area contributed by atoms with Crippen molar-refractivity contribution in [3.63, 3.8) is 0 Å². The summed E-state index contributed by atoms with van der Waals surface area (Å²) in [4.78, 5) is 12.1. The lowest BCUT2D eigenvalue weighted by Crippen LogP contribution is -2.17. The molecule has 0 aliphatic heterocycles. The Kier molecular flexibility index (Phi) is 17.4. The third-order valence-corrected chi connectivity index (χ3v) is 4.72. The standard InChI is InChI=1S/C21H42O2/c1-4-7-9-11-12-13-14-15-17-19-23-21(22)20(6-3)18-16-10-8-5-2/h20H,4-19H2,1-3H3. The molecule has 0 saturated heterocycles. The van der Waals surface area contributed by atoms with Gasteiger partial charge in [0, 0.05) is 0 Å². The second kappa shape index (κ2) is 17.8. The maximum atomic E-state index is 12.1. The fourth-order valence-corrected chi connectivity index (χ4v) is 3.01. The van der Waals surface area contributed by atoms with Gasteiger partial charge in [0.15, 0.2) is 0 Å². The largest absolute Gasteiger partial charge is 0.465 e. The molecular formula is C21H42O2. The Morgan fingerprint density at radius 2 is 1.17 bits per heavy atom. The van der Waals surface area contributed by atoms with Crippen molar-refractivity contribution in [1.82, 2.24) is 0 Å². The third kappa shape index (κ3) is 14.8. The molecule has 138 valence electrons. The fraction of sp³-hybridized carbons (Fsp3) is 0.952. The van der Waals surface area contributed by atoms with E-state index in [1.54, 1.807) is 0 Å². The Hall–Kier alpha value is -0.530. The Balaban J connectivity index is 3.45. The van der Waals surface area contributed by atoms with Crippen molar-refractivity contribution in [2.45, 2.75) is 117 Å². The Morgan fingerprint density at radius 1 is 0.696 bits per heavy atom. The predicted octanol–water partition coefficient (Wildman–Crippen LogP) is 7.06. The third-order valence-electron chi connectivity index (χ3n) is 4.72. The summed E-state index contributed by atoms with van der Waals surface area (Å²) < 4.78 is 5.47. The zero-order valence-corrected chi connectivity index (χ0v) is 16.2. The molecule has 0 aromatic carbocycles. The lowest BCUT2D eigenvalue weighted by Gasteiger charge is -2.14. The van der Waals surface area contributed by atoms with E-state index < -0.39 is 0 Å².